The van der Waals surface area contributed by atoms with Gasteiger partial charge in [-0.25, -0.2) is 0 Å². The van der Waals surface area contributed by atoms with Crippen LogP contribution in [0, 0.1) is 0 Å². The maximum atomic E-state index is 11.9. The van der Waals surface area contributed by atoms with E-state index in [1.165, 1.54) is 18.1 Å². The van der Waals surface area contributed by atoms with Crippen LogP contribution in [0.1, 0.15) is 48.2 Å². The number of carbonyl (C=O) groups excluding carboxylic acids is 2. The predicted molar refractivity (Wildman–Crippen MR) is 102 cm³/mol. The Morgan fingerprint density at radius 3 is 2.40 bits per heavy atom. The highest BCUT2D eigenvalue weighted by Crippen LogP contribution is 2.14. The highest BCUT2D eigenvalue weighted by Gasteiger charge is 2.04. The Balaban J connectivity index is 1.73. The molecule has 0 aromatic heterocycles. The monoisotopic (exact) mass is 338 g/mol. The van der Waals surface area contributed by atoms with Crippen LogP contribution in [0.5, 0.6) is 0 Å². The second-order valence-corrected chi connectivity index (χ2v) is 6.49. The molecule has 0 heterocycles. The summed E-state index contributed by atoms with van der Waals surface area (Å²) >= 11 is 0. The molecule has 4 heteroatoms. The van der Waals surface area contributed by atoms with Crippen LogP contribution in [-0.4, -0.2) is 24.8 Å². The molecule has 0 saturated carbocycles. The zero-order chi connectivity index (χ0) is 18.2. The second-order valence-electron chi connectivity index (χ2n) is 6.49. The summed E-state index contributed by atoms with van der Waals surface area (Å²) in [6, 6.07) is 15.7. The molecule has 0 bridgehead atoms. The van der Waals surface area contributed by atoms with E-state index in [9.17, 15) is 9.59 Å². The van der Waals surface area contributed by atoms with Crippen molar-refractivity contribution in [2.75, 3.05) is 18.4 Å². The fourth-order valence-electron chi connectivity index (χ4n) is 2.51. The molecule has 0 spiro atoms. The minimum Gasteiger partial charge on any atom is -0.376 e. The molecular weight excluding hydrogens is 312 g/mol. The van der Waals surface area contributed by atoms with Crippen molar-refractivity contribution in [2.45, 2.75) is 33.1 Å². The van der Waals surface area contributed by atoms with Crippen molar-refractivity contribution < 1.29 is 9.59 Å². The lowest BCUT2D eigenvalue weighted by Crippen LogP contribution is -2.31. The molecule has 0 aliphatic heterocycles. The zero-order valence-electron chi connectivity index (χ0n) is 15.1. The molecule has 0 unspecified atom stereocenters. The van der Waals surface area contributed by atoms with Crippen molar-refractivity contribution in [3.63, 3.8) is 0 Å². The average Bonchev–Trinajstić information content (AvgIpc) is 2.60. The van der Waals surface area contributed by atoms with Crippen LogP contribution in [0.4, 0.5) is 5.69 Å². The molecule has 2 N–H and O–H groups in total. The van der Waals surface area contributed by atoms with E-state index in [1.807, 2.05) is 6.07 Å². The molecule has 0 radical (unpaired) electrons. The Bertz CT molecular complexity index is 721. The minimum atomic E-state index is -0.0629. The maximum Gasteiger partial charge on any atom is 0.239 e. The van der Waals surface area contributed by atoms with Gasteiger partial charge >= 0.3 is 0 Å². The van der Waals surface area contributed by atoms with E-state index in [-0.39, 0.29) is 18.2 Å². The van der Waals surface area contributed by atoms with Gasteiger partial charge in [0.15, 0.2) is 5.78 Å². The van der Waals surface area contributed by atoms with Crippen molar-refractivity contribution in [1.29, 1.82) is 0 Å². The first-order valence-electron chi connectivity index (χ1n) is 8.66. The fourth-order valence-corrected chi connectivity index (χ4v) is 2.51. The summed E-state index contributed by atoms with van der Waals surface area (Å²) in [5, 5.41) is 5.95. The number of nitrogens with one attached hydrogen (secondary N) is 2. The molecule has 0 atom stereocenters. The van der Waals surface area contributed by atoms with Crippen LogP contribution < -0.4 is 10.6 Å². The van der Waals surface area contributed by atoms with Gasteiger partial charge in [-0.05, 0) is 42.5 Å². The summed E-state index contributed by atoms with van der Waals surface area (Å²) in [4.78, 5) is 23.3. The van der Waals surface area contributed by atoms with Crippen LogP contribution in [-0.2, 0) is 11.2 Å². The van der Waals surface area contributed by atoms with E-state index in [2.05, 4.69) is 48.7 Å². The lowest BCUT2D eigenvalue weighted by Gasteiger charge is -2.09. The summed E-state index contributed by atoms with van der Waals surface area (Å²) in [5.41, 5.74) is 3.94. The number of hydrogen-bond acceptors (Lipinski definition) is 3. The Labute approximate surface area is 149 Å². The van der Waals surface area contributed by atoms with Crippen molar-refractivity contribution in [2.24, 2.45) is 0 Å². The maximum absolute atomic E-state index is 11.9. The molecule has 2 aromatic carbocycles. The summed E-state index contributed by atoms with van der Waals surface area (Å²) in [6.45, 7) is 6.67. The Kier molecular flexibility index (Phi) is 6.75. The third kappa shape index (κ3) is 6.07. The van der Waals surface area contributed by atoms with E-state index in [4.69, 9.17) is 0 Å². The molecule has 0 aliphatic rings. The first kappa shape index (κ1) is 18.7. The number of Topliss-reactive ketones (excluding diaryl/α,β-unsaturated/α-hetero) is 1. The molecule has 4 nitrogen and oxygen atoms in total. The van der Waals surface area contributed by atoms with Crippen LogP contribution >= 0.6 is 0 Å². The zero-order valence-corrected chi connectivity index (χ0v) is 15.1. The first-order valence-corrected chi connectivity index (χ1v) is 8.66. The van der Waals surface area contributed by atoms with E-state index in [0.29, 0.717) is 18.0 Å². The minimum absolute atomic E-state index is 0.0107. The molecule has 25 heavy (non-hydrogen) atoms. The SMILES string of the molecule is CC(=O)c1cccc(NCC(=O)NCCc2ccc(C(C)C)cc2)c1. The third-order valence-electron chi connectivity index (χ3n) is 4.10. The van der Waals surface area contributed by atoms with Crippen molar-refractivity contribution in [3.8, 4) is 0 Å². The molecule has 2 aromatic rings. The van der Waals surface area contributed by atoms with Gasteiger partial charge in [-0.2, -0.15) is 0 Å². The van der Waals surface area contributed by atoms with E-state index in [1.54, 1.807) is 18.2 Å². The number of carbonyl (C=O) groups is 2. The topological polar surface area (TPSA) is 58.2 Å². The normalized spacial score (nSPS) is 10.6. The van der Waals surface area contributed by atoms with Crippen molar-refractivity contribution in [3.05, 3.63) is 65.2 Å². The van der Waals surface area contributed by atoms with Crippen molar-refractivity contribution in [1.82, 2.24) is 5.32 Å². The molecule has 1 amide bonds. The number of amides is 1. The smallest absolute Gasteiger partial charge is 0.239 e. The average molecular weight is 338 g/mol. The molecule has 132 valence electrons. The number of benzene rings is 2. The molecule has 0 aliphatic carbocycles. The van der Waals surface area contributed by atoms with Gasteiger partial charge in [0.05, 0.1) is 6.54 Å². The molecule has 0 fully saturated rings. The first-order chi connectivity index (χ1) is 12.0. The predicted octanol–water partition coefficient (Wildman–Crippen LogP) is 3.78. The van der Waals surface area contributed by atoms with Crippen LogP contribution in [0.15, 0.2) is 48.5 Å². The Morgan fingerprint density at radius 2 is 1.76 bits per heavy atom. The van der Waals surface area contributed by atoms with Gasteiger partial charge in [0, 0.05) is 17.8 Å². The Morgan fingerprint density at radius 1 is 1.04 bits per heavy atom. The van der Waals surface area contributed by atoms with Crippen molar-refractivity contribution >= 4 is 17.4 Å². The Hall–Kier alpha value is -2.62. The van der Waals surface area contributed by atoms with Gasteiger partial charge in [0.2, 0.25) is 5.91 Å². The molecule has 0 saturated heterocycles. The highest BCUT2D eigenvalue weighted by molar-refractivity contribution is 5.95. The van der Waals surface area contributed by atoms with Gasteiger partial charge in [-0.3, -0.25) is 9.59 Å². The van der Waals surface area contributed by atoms with Gasteiger partial charge in [-0.1, -0.05) is 50.2 Å². The second kappa shape index (κ2) is 9.02. The lowest BCUT2D eigenvalue weighted by molar-refractivity contribution is -0.119. The number of ketones is 1. The summed E-state index contributed by atoms with van der Waals surface area (Å²) < 4.78 is 0. The largest absolute Gasteiger partial charge is 0.376 e. The van der Waals surface area contributed by atoms with Crippen LogP contribution in [0.2, 0.25) is 0 Å². The lowest BCUT2D eigenvalue weighted by atomic mass is 10.0. The van der Waals surface area contributed by atoms with E-state index < -0.39 is 0 Å². The standard InChI is InChI=1S/C21H26N2O2/c1-15(2)18-9-7-17(8-10-18)11-12-22-21(25)14-23-20-6-4-5-19(13-20)16(3)24/h4-10,13,15,23H,11-12,14H2,1-3H3,(H,22,25). The third-order valence-corrected chi connectivity index (χ3v) is 4.10. The summed E-state index contributed by atoms with van der Waals surface area (Å²) in [6.07, 6.45) is 0.809. The van der Waals surface area contributed by atoms with Gasteiger partial charge < -0.3 is 10.6 Å². The number of rotatable bonds is 8. The van der Waals surface area contributed by atoms with Crippen LogP contribution in [0.25, 0.3) is 0 Å². The van der Waals surface area contributed by atoms with Crippen LogP contribution in [0.3, 0.4) is 0 Å². The van der Waals surface area contributed by atoms with E-state index >= 15 is 0 Å². The summed E-state index contributed by atoms with van der Waals surface area (Å²) in [7, 11) is 0. The van der Waals surface area contributed by atoms with Gasteiger partial charge in [0.1, 0.15) is 0 Å². The van der Waals surface area contributed by atoms with E-state index in [0.717, 1.165) is 12.1 Å². The fraction of sp³-hybridized carbons (Fsp3) is 0.333. The molecular formula is C21H26N2O2. The molecule has 2 rings (SSSR count). The summed E-state index contributed by atoms with van der Waals surface area (Å²) in [5.74, 6) is 0.477. The van der Waals surface area contributed by atoms with Gasteiger partial charge in [-0.15, -0.1) is 0 Å². The number of anilines is 1. The quantitative estimate of drug-likeness (QED) is 0.720. The number of hydrogen-bond donors (Lipinski definition) is 2. The highest BCUT2D eigenvalue weighted by atomic mass is 16.2. The van der Waals surface area contributed by atoms with Gasteiger partial charge in [0.25, 0.3) is 0 Å².